The maximum Gasteiger partial charge on any atom is 0.303 e. The van der Waals surface area contributed by atoms with E-state index in [1.807, 2.05) is 49.4 Å². The Morgan fingerprint density at radius 1 is 0.818 bits per heavy atom. The third-order valence-electron chi connectivity index (χ3n) is 7.24. The van der Waals surface area contributed by atoms with Gasteiger partial charge in [0.25, 0.3) is 0 Å². The minimum absolute atomic E-state index is 0.0540. The number of hydrogen-bond donors (Lipinski definition) is 2. The van der Waals surface area contributed by atoms with Crippen molar-refractivity contribution in [2.75, 3.05) is 13.2 Å². The van der Waals surface area contributed by atoms with Gasteiger partial charge in [0.1, 0.15) is 5.75 Å². The van der Waals surface area contributed by atoms with E-state index in [9.17, 15) is 18.4 Å². The molecule has 1 heterocycles. The first-order valence-electron chi connectivity index (χ1n) is 14.6. The zero-order valence-electron chi connectivity index (χ0n) is 24.6. The van der Waals surface area contributed by atoms with Crippen LogP contribution in [0.25, 0.3) is 10.9 Å². The molecule has 0 spiro atoms. The molecule has 0 saturated heterocycles. The maximum atomic E-state index is 13.6. The summed E-state index contributed by atoms with van der Waals surface area (Å²) in [5.41, 5.74) is 4.60. The largest absolute Gasteiger partial charge is 0.494 e. The van der Waals surface area contributed by atoms with Crippen molar-refractivity contribution >= 4 is 22.8 Å². The van der Waals surface area contributed by atoms with Crippen LogP contribution < -0.4 is 9.47 Å². The van der Waals surface area contributed by atoms with Gasteiger partial charge in [0.05, 0.1) is 18.7 Å². The lowest BCUT2D eigenvalue weighted by Crippen LogP contribution is -2.05. The van der Waals surface area contributed by atoms with E-state index in [1.165, 1.54) is 12.1 Å². The number of hydrogen-bond acceptors (Lipinski definition) is 4. The molecule has 44 heavy (non-hydrogen) atoms. The van der Waals surface area contributed by atoms with Crippen LogP contribution in [0.1, 0.15) is 60.9 Å². The molecule has 9 heteroatoms. The van der Waals surface area contributed by atoms with E-state index >= 15 is 0 Å². The molecule has 3 aromatic carbocycles. The van der Waals surface area contributed by atoms with Gasteiger partial charge < -0.3 is 24.3 Å². The van der Waals surface area contributed by atoms with Crippen LogP contribution in [0.2, 0.25) is 0 Å². The summed E-state index contributed by atoms with van der Waals surface area (Å²) in [6, 6.07) is 17.1. The number of ether oxygens (including phenoxy) is 2. The highest BCUT2D eigenvalue weighted by atomic mass is 19.2. The molecule has 0 fully saturated rings. The fourth-order valence-corrected chi connectivity index (χ4v) is 5.05. The highest BCUT2D eigenvalue weighted by Gasteiger charge is 2.17. The number of carbonyl (C=O) groups is 2. The van der Waals surface area contributed by atoms with Crippen molar-refractivity contribution in [2.24, 2.45) is 0 Å². The molecule has 4 rings (SSSR count). The topological polar surface area (TPSA) is 98.0 Å². The van der Waals surface area contributed by atoms with Gasteiger partial charge in [-0.15, -0.1) is 0 Å². The summed E-state index contributed by atoms with van der Waals surface area (Å²) in [6.07, 6.45) is 3.01. The van der Waals surface area contributed by atoms with E-state index in [2.05, 4.69) is 16.4 Å². The summed E-state index contributed by atoms with van der Waals surface area (Å²) < 4.78 is 40.1. The standard InChI is InChI=1S/C35H35F2NO6/c1-24-28(9-5-13-32(39)40)29-10-4-8-26(35(29)38(24)21-7-14-33(41)42)18-15-25-16-19-27(20-17-25)43-22-2-3-23-44-31-12-6-11-30(36)34(31)37/h4,6,8,10-12,16-17,19-20H,2-3,5,7,9,13-14,21-23H2,1H3,(H,39,40)(H,41,42). The van der Waals surface area contributed by atoms with E-state index in [-0.39, 0.29) is 25.2 Å². The van der Waals surface area contributed by atoms with Crippen LogP contribution in [0.15, 0.2) is 60.7 Å². The van der Waals surface area contributed by atoms with Gasteiger partial charge in [0.2, 0.25) is 5.82 Å². The first-order valence-corrected chi connectivity index (χ1v) is 14.6. The molecule has 0 atom stereocenters. The van der Waals surface area contributed by atoms with E-state index in [0.29, 0.717) is 51.0 Å². The molecule has 0 bridgehead atoms. The highest BCUT2D eigenvalue weighted by Crippen LogP contribution is 2.30. The second-order valence-electron chi connectivity index (χ2n) is 10.4. The molecule has 1 aromatic heterocycles. The molecular weight excluding hydrogens is 568 g/mol. The average Bonchev–Trinajstić information content (AvgIpc) is 3.27. The van der Waals surface area contributed by atoms with E-state index in [1.54, 1.807) is 0 Å². The number of benzene rings is 3. The van der Waals surface area contributed by atoms with Gasteiger partial charge in [0.15, 0.2) is 11.6 Å². The molecule has 7 nitrogen and oxygen atoms in total. The summed E-state index contributed by atoms with van der Waals surface area (Å²) in [5.74, 6) is 3.47. The molecule has 0 aliphatic carbocycles. The van der Waals surface area contributed by atoms with Gasteiger partial charge >= 0.3 is 11.9 Å². The van der Waals surface area contributed by atoms with E-state index in [4.69, 9.17) is 19.7 Å². The summed E-state index contributed by atoms with van der Waals surface area (Å²) in [4.78, 5) is 22.2. The Hall–Kier alpha value is -4.84. The van der Waals surface area contributed by atoms with Crippen molar-refractivity contribution in [3.63, 3.8) is 0 Å². The lowest BCUT2D eigenvalue weighted by molar-refractivity contribution is -0.138. The van der Waals surface area contributed by atoms with Crippen molar-refractivity contribution < 1.29 is 38.1 Å². The number of nitrogens with zero attached hydrogens (tertiary/aromatic N) is 1. The minimum Gasteiger partial charge on any atom is -0.494 e. The smallest absolute Gasteiger partial charge is 0.303 e. The minimum atomic E-state index is -0.985. The van der Waals surface area contributed by atoms with Gasteiger partial charge in [-0.3, -0.25) is 9.59 Å². The predicted octanol–water partition coefficient (Wildman–Crippen LogP) is 7.14. The Morgan fingerprint density at radius 3 is 2.23 bits per heavy atom. The van der Waals surface area contributed by atoms with Crippen LogP contribution in [-0.2, 0) is 22.6 Å². The first kappa shape index (κ1) is 32.1. The number of carboxylic acid groups (broad SMARTS) is 2. The molecule has 0 unspecified atom stereocenters. The van der Waals surface area contributed by atoms with Crippen LogP contribution in [-0.4, -0.2) is 39.9 Å². The Labute approximate surface area is 255 Å². The Balaban J connectivity index is 1.40. The molecule has 2 N–H and O–H groups in total. The van der Waals surface area contributed by atoms with E-state index < -0.39 is 23.6 Å². The second-order valence-corrected chi connectivity index (χ2v) is 10.4. The number of halogens is 2. The average molecular weight is 604 g/mol. The van der Waals surface area contributed by atoms with Crippen molar-refractivity contribution in [3.05, 3.63) is 94.7 Å². The van der Waals surface area contributed by atoms with E-state index in [0.717, 1.165) is 39.4 Å². The Bertz CT molecular complexity index is 1670. The monoisotopic (exact) mass is 603 g/mol. The molecular formula is C35H35F2NO6. The molecule has 0 amide bonds. The van der Waals surface area contributed by atoms with Gasteiger partial charge in [0, 0.05) is 41.6 Å². The molecule has 0 aliphatic rings. The normalized spacial score (nSPS) is 10.8. The van der Waals surface area contributed by atoms with Crippen molar-refractivity contribution in [1.29, 1.82) is 0 Å². The summed E-state index contributed by atoms with van der Waals surface area (Å²) in [5, 5.41) is 19.3. The number of fused-ring (bicyclic) bond motifs is 1. The van der Waals surface area contributed by atoms with Gasteiger partial charge in [-0.1, -0.05) is 30.0 Å². The van der Waals surface area contributed by atoms with Crippen LogP contribution in [0, 0.1) is 30.4 Å². The Kier molecular flexibility index (Phi) is 11.4. The Morgan fingerprint density at radius 2 is 1.50 bits per heavy atom. The molecule has 230 valence electrons. The zero-order valence-corrected chi connectivity index (χ0v) is 24.6. The van der Waals surface area contributed by atoms with Crippen molar-refractivity contribution in [1.82, 2.24) is 4.57 Å². The van der Waals surface area contributed by atoms with Gasteiger partial charge in [-0.25, -0.2) is 4.39 Å². The highest BCUT2D eigenvalue weighted by molar-refractivity contribution is 5.90. The number of aliphatic carboxylic acids is 2. The maximum absolute atomic E-state index is 13.6. The van der Waals surface area contributed by atoms with Gasteiger partial charge in [-0.2, -0.15) is 4.39 Å². The number of carboxylic acids is 2. The van der Waals surface area contributed by atoms with Gasteiger partial charge in [-0.05, 0) is 87.1 Å². The van der Waals surface area contributed by atoms with Crippen molar-refractivity contribution in [2.45, 2.75) is 58.4 Å². The third kappa shape index (κ3) is 8.60. The molecule has 0 aliphatic heterocycles. The lowest BCUT2D eigenvalue weighted by Gasteiger charge is -2.09. The second kappa shape index (κ2) is 15.6. The number of unbranched alkanes of at least 4 members (excludes halogenated alkanes) is 1. The molecule has 0 saturated carbocycles. The summed E-state index contributed by atoms with van der Waals surface area (Å²) >= 11 is 0. The van der Waals surface area contributed by atoms with Crippen LogP contribution >= 0.6 is 0 Å². The molecule has 4 aromatic rings. The fourth-order valence-electron chi connectivity index (χ4n) is 5.05. The van der Waals surface area contributed by atoms with Crippen LogP contribution in [0.3, 0.4) is 0 Å². The number of aromatic nitrogens is 1. The first-order chi connectivity index (χ1) is 21.2. The summed E-state index contributed by atoms with van der Waals surface area (Å²) in [7, 11) is 0. The zero-order chi connectivity index (χ0) is 31.5. The third-order valence-corrected chi connectivity index (χ3v) is 7.24. The lowest BCUT2D eigenvalue weighted by atomic mass is 10.0. The number of rotatable bonds is 15. The molecule has 0 radical (unpaired) electrons. The quantitative estimate of drug-likeness (QED) is 0.111. The fraction of sp³-hybridized carbons (Fsp3) is 0.314. The number of para-hydroxylation sites is 1. The number of aryl methyl sites for hydroxylation is 2. The SMILES string of the molecule is Cc1c(CCCC(=O)O)c2cccc(C#Cc3ccc(OCCCCOc4cccc(F)c4F)cc3)c2n1CCCC(=O)O. The summed E-state index contributed by atoms with van der Waals surface area (Å²) in [6.45, 7) is 3.20. The van der Waals surface area contributed by atoms with Crippen molar-refractivity contribution in [3.8, 4) is 23.3 Å². The predicted molar refractivity (Wildman–Crippen MR) is 163 cm³/mol. The van der Waals surface area contributed by atoms with Crippen LogP contribution in [0.5, 0.6) is 11.5 Å². The van der Waals surface area contributed by atoms with Crippen LogP contribution in [0.4, 0.5) is 8.78 Å².